The molecule has 0 saturated carbocycles. The van der Waals surface area contributed by atoms with E-state index >= 15 is 0 Å². The van der Waals surface area contributed by atoms with E-state index in [0.29, 0.717) is 4.88 Å². The Kier molecular flexibility index (Phi) is 3.49. The quantitative estimate of drug-likeness (QED) is 0.608. The van der Waals surface area contributed by atoms with E-state index in [9.17, 15) is 4.79 Å². The summed E-state index contributed by atoms with van der Waals surface area (Å²) in [5.74, 6) is 0.0199. The molecule has 0 unspecified atom stereocenters. The molecule has 1 heterocycles. The van der Waals surface area contributed by atoms with Crippen LogP contribution in [0.3, 0.4) is 0 Å². The summed E-state index contributed by atoms with van der Waals surface area (Å²) in [6.45, 7) is 3.89. The van der Waals surface area contributed by atoms with E-state index in [-0.39, 0.29) is 5.78 Å². The summed E-state index contributed by atoms with van der Waals surface area (Å²) >= 11 is 1.38. The number of aromatic nitrogens is 1. The summed E-state index contributed by atoms with van der Waals surface area (Å²) in [7, 11) is 0. The molecule has 0 spiro atoms. The normalized spacial score (nSPS) is 10.9. The molecule has 0 bridgehead atoms. The molecule has 0 amide bonds. The molecule has 1 aromatic heterocycles. The van der Waals surface area contributed by atoms with Gasteiger partial charge in [0.2, 0.25) is 0 Å². The third kappa shape index (κ3) is 2.88. The van der Waals surface area contributed by atoms with Gasteiger partial charge in [-0.1, -0.05) is 35.9 Å². The predicted molar refractivity (Wildman–Crippen MR) is 71.4 cm³/mol. The average molecular weight is 243 g/mol. The number of ketones is 1. The van der Waals surface area contributed by atoms with Gasteiger partial charge in [-0.3, -0.25) is 4.79 Å². The molecule has 2 nitrogen and oxygen atoms in total. The second kappa shape index (κ2) is 5.06. The first-order valence-corrected chi connectivity index (χ1v) is 6.24. The Labute approximate surface area is 105 Å². The zero-order valence-corrected chi connectivity index (χ0v) is 10.6. The lowest BCUT2D eigenvalue weighted by atomic mass is 10.1. The average Bonchev–Trinajstić information content (AvgIpc) is 2.72. The summed E-state index contributed by atoms with van der Waals surface area (Å²) in [4.78, 5) is 16.7. The third-order valence-electron chi connectivity index (χ3n) is 2.44. The topological polar surface area (TPSA) is 30.0 Å². The molecule has 1 aromatic carbocycles. The van der Waals surface area contributed by atoms with Crippen LogP contribution in [0.4, 0.5) is 0 Å². The van der Waals surface area contributed by atoms with E-state index in [0.717, 1.165) is 11.3 Å². The molecule has 3 heteroatoms. The fourth-order valence-corrected chi connectivity index (χ4v) is 2.28. The highest BCUT2D eigenvalue weighted by atomic mass is 32.1. The Morgan fingerprint density at radius 2 is 2.18 bits per heavy atom. The van der Waals surface area contributed by atoms with Gasteiger partial charge >= 0.3 is 0 Å². The van der Waals surface area contributed by atoms with Crippen molar-refractivity contribution in [3.63, 3.8) is 0 Å². The number of rotatable bonds is 3. The third-order valence-corrected chi connectivity index (χ3v) is 3.38. The minimum absolute atomic E-state index is 0.0199. The number of benzene rings is 1. The van der Waals surface area contributed by atoms with Crippen LogP contribution >= 0.6 is 11.3 Å². The van der Waals surface area contributed by atoms with Crippen molar-refractivity contribution < 1.29 is 4.79 Å². The van der Waals surface area contributed by atoms with Crippen molar-refractivity contribution >= 4 is 23.2 Å². The van der Waals surface area contributed by atoms with Crippen LogP contribution in [0.5, 0.6) is 0 Å². The number of thiazole rings is 1. The maximum Gasteiger partial charge on any atom is 0.197 e. The number of hydrogen-bond donors (Lipinski definition) is 0. The van der Waals surface area contributed by atoms with Crippen molar-refractivity contribution in [3.05, 3.63) is 57.6 Å². The molecule has 0 fully saturated rings. The molecule has 0 atom stereocenters. The van der Waals surface area contributed by atoms with Crippen molar-refractivity contribution in [1.82, 2.24) is 4.98 Å². The van der Waals surface area contributed by atoms with Crippen LogP contribution in [0.25, 0.3) is 6.08 Å². The highest BCUT2D eigenvalue weighted by molar-refractivity contribution is 7.12. The number of carbonyl (C=O) groups is 1. The van der Waals surface area contributed by atoms with Crippen molar-refractivity contribution in [2.45, 2.75) is 13.8 Å². The summed E-state index contributed by atoms with van der Waals surface area (Å²) in [6.07, 6.45) is 3.45. The van der Waals surface area contributed by atoms with Crippen LogP contribution in [-0.2, 0) is 0 Å². The van der Waals surface area contributed by atoms with Crippen LogP contribution in [-0.4, -0.2) is 10.8 Å². The first kappa shape index (κ1) is 11.7. The molecule has 2 rings (SSSR count). The molecule has 17 heavy (non-hydrogen) atoms. The fraction of sp³-hybridized carbons (Fsp3) is 0.143. The van der Waals surface area contributed by atoms with Gasteiger partial charge in [-0.15, -0.1) is 11.3 Å². The number of nitrogens with zero attached hydrogens (tertiary/aromatic N) is 1. The van der Waals surface area contributed by atoms with Gasteiger partial charge in [-0.25, -0.2) is 4.98 Å². The summed E-state index contributed by atoms with van der Waals surface area (Å²) in [5.41, 5.74) is 4.73. The van der Waals surface area contributed by atoms with Gasteiger partial charge in [0.25, 0.3) is 0 Å². The molecular formula is C14H13NOS. The van der Waals surface area contributed by atoms with Gasteiger partial charge in [-0.05, 0) is 25.5 Å². The van der Waals surface area contributed by atoms with Gasteiger partial charge in [0.1, 0.15) is 0 Å². The Morgan fingerprint density at radius 1 is 1.35 bits per heavy atom. The standard InChI is InChI=1S/C14H13NOS/c1-10-4-3-5-12(8-10)6-7-13(16)14-11(2)15-9-17-14/h3-9H,1-2H3/b7-6+. The van der Waals surface area contributed by atoms with Gasteiger partial charge < -0.3 is 0 Å². The van der Waals surface area contributed by atoms with E-state index in [1.165, 1.54) is 16.9 Å². The van der Waals surface area contributed by atoms with E-state index in [1.54, 1.807) is 11.6 Å². The fourth-order valence-electron chi connectivity index (χ4n) is 1.56. The van der Waals surface area contributed by atoms with Crippen molar-refractivity contribution in [2.24, 2.45) is 0 Å². The second-order valence-electron chi connectivity index (χ2n) is 3.88. The maximum absolute atomic E-state index is 11.9. The smallest absolute Gasteiger partial charge is 0.197 e. The molecule has 0 N–H and O–H groups in total. The number of hydrogen-bond acceptors (Lipinski definition) is 3. The van der Waals surface area contributed by atoms with Crippen LogP contribution in [0.15, 0.2) is 35.9 Å². The largest absolute Gasteiger partial charge is 0.288 e. The summed E-state index contributed by atoms with van der Waals surface area (Å²) < 4.78 is 0. The monoisotopic (exact) mass is 243 g/mol. The molecule has 0 aliphatic rings. The minimum Gasteiger partial charge on any atom is -0.288 e. The Balaban J connectivity index is 2.17. The SMILES string of the molecule is Cc1cccc(/C=C/C(=O)c2scnc2C)c1. The van der Waals surface area contributed by atoms with Crippen molar-refractivity contribution in [3.8, 4) is 0 Å². The Hall–Kier alpha value is -1.74. The maximum atomic E-state index is 11.9. The highest BCUT2D eigenvalue weighted by Gasteiger charge is 2.07. The van der Waals surface area contributed by atoms with Gasteiger partial charge in [0.15, 0.2) is 5.78 Å². The Morgan fingerprint density at radius 3 is 2.82 bits per heavy atom. The molecule has 0 saturated heterocycles. The summed E-state index contributed by atoms with van der Waals surface area (Å²) in [5, 5.41) is 0. The second-order valence-corrected chi connectivity index (χ2v) is 4.73. The highest BCUT2D eigenvalue weighted by Crippen LogP contribution is 2.14. The molecular weight excluding hydrogens is 230 g/mol. The lowest BCUT2D eigenvalue weighted by molar-refractivity contribution is 0.105. The summed E-state index contributed by atoms with van der Waals surface area (Å²) in [6, 6.07) is 8.05. The first-order valence-electron chi connectivity index (χ1n) is 5.36. The van der Waals surface area contributed by atoms with Crippen LogP contribution < -0.4 is 0 Å². The first-order chi connectivity index (χ1) is 8.16. The molecule has 2 aromatic rings. The predicted octanol–water partition coefficient (Wildman–Crippen LogP) is 3.66. The van der Waals surface area contributed by atoms with Crippen molar-refractivity contribution in [1.29, 1.82) is 0 Å². The zero-order valence-electron chi connectivity index (χ0n) is 9.81. The lowest BCUT2D eigenvalue weighted by Gasteiger charge is -1.95. The van der Waals surface area contributed by atoms with E-state index < -0.39 is 0 Å². The number of carbonyl (C=O) groups excluding carboxylic acids is 1. The van der Waals surface area contributed by atoms with Gasteiger partial charge in [0.05, 0.1) is 16.1 Å². The van der Waals surface area contributed by atoms with Crippen LogP contribution in [0.2, 0.25) is 0 Å². The molecule has 0 aliphatic carbocycles. The van der Waals surface area contributed by atoms with Crippen LogP contribution in [0.1, 0.15) is 26.5 Å². The van der Waals surface area contributed by atoms with Gasteiger partial charge in [0, 0.05) is 0 Å². The van der Waals surface area contributed by atoms with Gasteiger partial charge in [-0.2, -0.15) is 0 Å². The molecule has 0 aliphatic heterocycles. The zero-order chi connectivity index (χ0) is 12.3. The number of allylic oxidation sites excluding steroid dienone is 1. The molecule has 86 valence electrons. The number of aryl methyl sites for hydroxylation is 2. The van der Waals surface area contributed by atoms with E-state index in [1.807, 2.05) is 44.2 Å². The molecule has 0 radical (unpaired) electrons. The van der Waals surface area contributed by atoms with Crippen molar-refractivity contribution in [2.75, 3.05) is 0 Å². The van der Waals surface area contributed by atoms with E-state index in [2.05, 4.69) is 4.98 Å². The van der Waals surface area contributed by atoms with Crippen LogP contribution in [0, 0.1) is 13.8 Å². The minimum atomic E-state index is 0.0199. The van der Waals surface area contributed by atoms with E-state index in [4.69, 9.17) is 0 Å². The lowest BCUT2D eigenvalue weighted by Crippen LogP contribution is -1.93. The Bertz CT molecular complexity index is 569.